The lowest BCUT2D eigenvalue weighted by atomic mass is 10.1. The van der Waals surface area contributed by atoms with E-state index in [1.807, 2.05) is 0 Å². The van der Waals surface area contributed by atoms with Crippen LogP contribution < -0.4 is 4.74 Å². The van der Waals surface area contributed by atoms with Gasteiger partial charge in [0.25, 0.3) is 5.91 Å². The average molecular weight is 281 g/mol. The number of likely N-dealkylation sites (tertiary alicyclic amines) is 1. The van der Waals surface area contributed by atoms with E-state index in [9.17, 15) is 14.3 Å². The van der Waals surface area contributed by atoms with Crippen molar-refractivity contribution < 1.29 is 19.0 Å². The molecule has 2 rings (SSSR count). The highest BCUT2D eigenvalue weighted by atomic mass is 19.1. The number of halogens is 1. The third-order valence-electron chi connectivity index (χ3n) is 3.76. The Balaban J connectivity index is 2.33. The molecule has 1 aliphatic rings. The Labute approximate surface area is 118 Å². The molecule has 5 heteroatoms. The van der Waals surface area contributed by atoms with E-state index in [1.54, 1.807) is 11.0 Å². The highest BCUT2D eigenvalue weighted by molar-refractivity contribution is 5.97. The van der Waals surface area contributed by atoms with Crippen molar-refractivity contribution in [2.75, 3.05) is 20.3 Å². The molecule has 1 aromatic rings. The first-order chi connectivity index (χ1) is 9.69. The van der Waals surface area contributed by atoms with Crippen molar-refractivity contribution in [3.63, 3.8) is 0 Å². The van der Waals surface area contributed by atoms with Gasteiger partial charge in [0.2, 0.25) is 0 Å². The van der Waals surface area contributed by atoms with Gasteiger partial charge in [0.1, 0.15) is 17.1 Å². The van der Waals surface area contributed by atoms with E-state index in [-0.39, 0.29) is 24.0 Å². The van der Waals surface area contributed by atoms with Crippen LogP contribution in [0.2, 0.25) is 0 Å². The van der Waals surface area contributed by atoms with Gasteiger partial charge >= 0.3 is 0 Å². The molecule has 1 fully saturated rings. The molecule has 1 heterocycles. The van der Waals surface area contributed by atoms with Gasteiger partial charge in [-0.1, -0.05) is 18.9 Å². The first-order valence-corrected chi connectivity index (χ1v) is 6.93. The Morgan fingerprint density at radius 2 is 2.25 bits per heavy atom. The quantitative estimate of drug-likeness (QED) is 0.924. The number of rotatable bonds is 3. The smallest absolute Gasteiger partial charge is 0.260 e. The number of methoxy groups -OCH3 is 1. The van der Waals surface area contributed by atoms with Gasteiger partial charge in [0, 0.05) is 6.54 Å². The van der Waals surface area contributed by atoms with Gasteiger partial charge in [0.05, 0.1) is 19.8 Å². The maximum Gasteiger partial charge on any atom is 0.260 e. The summed E-state index contributed by atoms with van der Waals surface area (Å²) in [5, 5.41) is 9.46. The zero-order valence-electron chi connectivity index (χ0n) is 11.6. The number of hydrogen-bond donors (Lipinski definition) is 1. The molecule has 1 saturated heterocycles. The van der Waals surface area contributed by atoms with Crippen molar-refractivity contribution in [1.82, 2.24) is 4.90 Å². The molecule has 4 nitrogen and oxygen atoms in total. The van der Waals surface area contributed by atoms with Crippen LogP contribution in [0, 0.1) is 5.82 Å². The van der Waals surface area contributed by atoms with Gasteiger partial charge in [-0.2, -0.15) is 0 Å². The summed E-state index contributed by atoms with van der Waals surface area (Å²) >= 11 is 0. The van der Waals surface area contributed by atoms with Gasteiger partial charge in [-0.3, -0.25) is 4.79 Å². The summed E-state index contributed by atoms with van der Waals surface area (Å²) in [5.74, 6) is -0.757. The summed E-state index contributed by atoms with van der Waals surface area (Å²) in [6.45, 7) is 0.448. The van der Waals surface area contributed by atoms with Crippen LogP contribution >= 0.6 is 0 Å². The van der Waals surface area contributed by atoms with Crippen LogP contribution in [0.25, 0.3) is 0 Å². The fourth-order valence-electron chi connectivity index (χ4n) is 2.66. The fraction of sp³-hybridized carbons (Fsp3) is 0.533. The zero-order chi connectivity index (χ0) is 14.5. The molecule has 0 bridgehead atoms. The largest absolute Gasteiger partial charge is 0.496 e. The lowest BCUT2D eigenvalue weighted by Gasteiger charge is -2.29. The molecule has 0 aromatic heterocycles. The van der Waals surface area contributed by atoms with E-state index in [0.29, 0.717) is 6.54 Å². The van der Waals surface area contributed by atoms with Crippen molar-refractivity contribution >= 4 is 5.91 Å². The molecule has 0 aliphatic carbocycles. The number of amides is 1. The summed E-state index contributed by atoms with van der Waals surface area (Å²) < 4.78 is 19.1. The zero-order valence-corrected chi connectivity index (χ0v) is 11.6. The molecule has 1 amide bonds. The average Bonchev–Trinajstić information content (AvgIpc) is 2.71. The molecule has 1 atom stereocenters. The van der Waals surface area contributed by atoms with Crippen molar-refractivity contribution in [3.05, 3.63) is 29.6 Å². The summed E-state index contributed by atoms with van der Waals surface area (Å²) in [6, 6.07) is 4.09. The lowest BCUT2D eigenvalue weighted by molar-refractivity contribution is 0.0591. The van der Waals surface area contributed by atoms with E-state index in [1.165, 1.54) is 19.2 Å². The summed E-state index contributed by atoms with van der Waals surface area (Å²) in [7, 11) is 1.41. The standard InChI is InChI=1S/C15H20FNO3/c1-20-13-8-5-7-12(16)14(13)15(19)17-9-4-2-3-6-11(17)10-18/h5,7-8,11,18H,2-4,6,9-10H2,1H3. The van der Waals surface area contributed by atoms with Crippen LogP contribution in [0.5, 0.6) is 5.75 Å². The number of aliphatic hydroxyl groups excluding tert-OH is 1. The number of nitrogens with zero attached hydrogens (tertiary/aromatic N) is 1. The SMILES string of the molecule is COc1cccc(F)c1C(=O)N1CCCCCC1CO. The van der Waals surface area contributed by atoms with Crippen LogP contribution in [0.15, 0.2) is 18.2 Å². The second-order valence-corrected chi connectivity index (χ2v) is 5.00. The van der Waals surface area contributed by atoms with E-state index in [4.69, 9.17) is 4.74 Å². The van der Waals surface area contributed by atoms with Crippen LogP contribution in [0.3, 0.4) is 0 Å². The fourth-order valence-corrected chi connectivity index (χ4v) is 2.66. The highest BCUT2D eigenvalue weighted by Crippen LogP contribution is 2.26. The molecule has 0 spiro atoms. The number of carbonyl (C=O) groups is 1. The van der Waals surface area contributed by atoms with E-state index in [0.717, 1.165) is 25.7 Å². The Morgan fingerprint density at radius 3 is 2.95 bits per heavy atom. The van der Waals surface area contributed by atoms with E-state index >= 15 is 0 Å². The second kappa shape index (κ2) is 6.70. The summed E-state index contributed by atoms with van der Waals surface area (Å²) in [6.07, 6.45) is 3.62. The highest BCUT2D eigenvalue weighted by Gasteiger charge is 2.29. The Hall–Kier alpha value is -1.62. The summed E-state index contributed by atoms with van der Waals surface area (Å²) in [5.41, 5.74) is -0.0460. The Kier molecular flexibility index (Phi) is 4.95. The van der Waals surface area contributed by atoms with Crippen molar-refractivity contribution in [2.45, 2.75) is 31.7 Å². The summed E-state index contributed by atoms with van der Waals surface area (Å²) in [4.78, 5) is 14.2. The van der Waals surface area contributed by atoms with Crippen molar-refractivity contribution in [2.24, 2.45) is 0 Å². The minimum absolute atomic E-state index is 0.0460. The third-order valence-corrected chi connectivity index (χ3v) is 3.76. The van der Waals surface area contributed by atoms with Crippen molar-refractivity contribution in [3.8, 4) is 5.75 Å². The predicted molar refractivity (Wildman–Crippen MR) is 73.3 cm³/mol. The molecule has 20 heavy (non-hydrogen) atoms. The number of hydrogen-bond acceptors (Lipinski definition) is 3. The number of aliphatic hydroxyl groups is 1. The van der Waals surface area contributed by atoms with Gasteiger partial charge in [-0.25, -0.2) is 4.39 Å². The van der Waals surface area contributed by atoms with E-state index < -0.39 is 11.7 Å². The van der Waals surface area contributed by atoms with Gasteiger partial charge < -0.3 is 14.7 Å². The van der Waals surface area contributed by atoms with Gasteiger partial charge in [-0.15, -0.1) is 0 Å². The van der Waals surface area contributed by atoms with Crippen LogP contribution in [0.1, 0.15) is 36.0 Å². The molecular formula is C15H20FNO3. The normalized spacial score (nSPS) is 19.6. The molecule has 1 aliphatic heterocycles. The van der Waals surface area contributed by atoms with Gasteiger partial charge in [0.15, 0.2) is 0 Å². The number of ether oxygens (including phenoxy) is 1. The number of benzene rings is 1. The molecule has 1 unspecified atom stereocenters. The maximum atomic E-state index is 14.0. The third kappa shape index (κ3) is 2.93. The van der Waals surface area contributed by atoms with Crippen LogP contribution in [-0.4, -0.2) is 42.2 Å². The van der Waals surface area contributed by atoms with Crippen molar-refractivity contribution in [1.29, 1.82) is 0 Å². The molecule has 0 radical (unpaired) electrons. The minimum Gasteiger partial charge on any atom is -0.496 e. The predicted octanol–water partition coefficient (Wildman–Crippen LogP) is 2.21. The topological polar surface area (TPSA) is 49.8 Å². The Bertz CT molecular complexity index is 478. The first kappa shape index (κ1) is 14.8. The molecular weight excluding hydrogens is 261 g/mol. The molecule has 0 saturated carbocycles. The monoisotopic (exact) mass is 281 g/mol. The lowest BCUT2D eigenvalue weighted by Crippen LogP contribution is -2.42. The second-order valence-electron chi connectivity index (χ2n) is 5.00. The van der Waals surface area contributed by atoms with Crippen LogP contribution in [-0.2, 0) is 0 Å². The van der Waals surface area contributed by atoms with Gasteiger partial charge in [-0.05, 0) is 25.0 Å². The number of carbonyl (C=O) groups excluding carboxylic acids is 1. The molecule has 1 aromatic carbocycles. The molecule has 110 valence electrons. The molecule has 1 N–H and O–H groups in total. The minimum atomic E-state index is -0.588. The van der Waals surface area contributed by atoms with Crippen LogP contribution in [0.4, 0.5) is 4.39 Å². The Morgan fingerprint density at radius 1 is 1.45 bits per heavy atom. The van der Waals surface area contributed by atoms with E-state index in [2.05, 4.69) is 0 Å². The maximum absolute atomic E-state index is 14.0. The first-order valence-electron chi connectivity index (χ1n) is 6.93.